The molecule has 5 heteroatoms. The second-order valence-corrected chi connectivity index (χ2v) is 4.95. The van der Waals surface area contributed by atoms with E-state index in [1.54, 1.807) is 12.1 Å². The molecule has 0 unspecified atom stereocenters. The zero-order chi connectivity index (χ0) is 13.9. The van der Waals surface area contributed by atoms with Gasteiger partial charge in [-0.2, -0.15) is 0 Å². The summed E-state index contributed by atoms with van der Waals surface area (Å²) in [5, 5.41) is 14.5. The summed E-state index contributed by atoms with van der Waals surface area (Å²) < 4.78 is 0. The van der Waals surface area contributed by atoms with Crippen molar-refractivity contribution in [2.45, 2.75) is 38.1 Å². The number of hydrogen-bond donors (Lipinski definition) is 3. The monoisotopic (exact) mass is 262 g/mol. The lowest BCUT2D eigenvalue weighted by molar-refractivity contribution is 0.0697. The lowest BCUT2D eigenvalue weighted by Gasteiger charge is -2.41. The van der Waals surface area contributed by atoms with E-state index >= 15 is 0 Å². The van der Waals surface area contributed by atoms with Gasteiger partial charge in [-0.1, -0.05) is 13.0 Å². The SMILES string of the molecule is CCC1(NC(=O)Nc2cccc(C(=O)O)c2)CCC1. The van der Waals surface area contributed by atoms with E-state index in [-0.39, 0.29) is 17.1 Å². The van der Waals surface area contributed by atoms with Gasteiger partial charge in [0, 0.05) is 11.2 Å². The molecule has 2 amide bonds. The number of anilines is 1. The fourth-order valence-electron chi connectivity index (χ4n) is 2.30. The number of urea groups is 1. The first-order valence-corrected chi connectivity index (χ1v) is 6.47. The molecule has 1 aliphatic rings. The molecule has 0 spiro atoms. The molecule has 1 aliphatic carbocycles. The molecular formula is C14H18N2O3. The molecular weight excluding hydrogens is 244 g/mol. The van der Waals surface area contributed by atoms with Gasteiger partial charge in [-0.3, -0.25) is 0 Å². The Hall–Kier alpha value is -2.04. The summed E-state index contributed by atoms with van der Waals surface area (Å²) in [7, 11) is 0. The van der Waals surface area contributed by atoms with Gasteiger partial charge in [-0.25, -0.2) is 9.59 Å². The number of hydrogen-bond acceptors (Lipinski definition) is 2. The van der Waals surface area contributed by atoms with E-state index in [0.29, 0.717) is 5.69 Å². The van der Waals surface area contributed by atoms with Gasteiger partial charge in [0.15, 0.2) is 0 Å². The van der Waals surface area contributed by atoms with E-state index in [9.17, 15) is 9.59 Å². The molecule has 0 aliphatic heterocycles. The molecule has 0 bridgehead atoms. The summed E-state index contributed by atoms with van der Waals surface area (Å²) in [5.74, 6) is -1.01. The third kappa shape index (κ3) is 3.05. The average Bonchev–Trinajstić information content (AvgIpc) is 2.34. The zero-order valence-electron chi connectivity index (χ0n) is 10.9. The van der Waals surface area contributed by atoms with E-state index in [4.69, 9.17) is 5.11 Å². The summed E-state index contributed by atoms with van der Waals surface area (Å²) in [6.07, 6.45) is 4.07. The van der Waals surface area contributed by atoms with Crippen LogP contribution < -0.4 is 10.6 Å². The number of carbonyl (C=O) groups is 2. The highest BCUT2D eigenvalue weighted by Gasteiger charge is 2.36. The molecule has 3 N–H and O–H groups in total. The number of carboxylic acid groups (broad SMARTS) is 1. The summed E-state index contributed by atoms with van der Waals surface area (Å²) in [6.45, 7) is 2.06. The lowest BCUT2D eigenvalue weighted by atomic mass is 9.75. The van der Waals surface area contributed by atoms with Gasteiger partial charge in [0.05, 0.1) is 5.56 Å². The first-order chi connectivity index (χ1) is 9.04. The van der Waals surface area contributed by atoms with Crippen molar-refractivity contribution in [1.82, 2.24) is 5.32 Å². The fraction of sp³-hybridized carbons (Fsp3) is 0.429. The van der Waals surface area contributed by atoms with Gasteiger partial charge in [-0.15, -0.1) is 0 Å². The van der Waals surface area contributed by atoms with Crippen molar-refractivity contribution in [3.63, 3.8) is 0 Å². The number of carboxylic acids is 1. The zero-order valence-corrected chi connectivity index (χ0v) is 10.9. The quantitative estimate of drug-likeness (QED) is 0.780. The van der Waals surface area contributed by atoms with Crippen molar-refractivity contribution in [3.05, 3.63) is 29.8 Å². The molecule has 102 valence electrons. The maximum Gasteiger partial charge on any atom is 0.335 e. The van der Waals surface area contributed by atoms with Crippen molar-refractivity contribution in [2.75, 3.05) is 5.32 Å². The van der Waals surface area contributed by atoms with Crippen LogP contribution in [0.4, 0.5) is 10.5 Å². The third-order valence-corrected chi connectivity index (χ3v) is 3.73. The predicted octanol–water partition coefficient (Wildman–Crippen LogP) is 2.84. The van der Waals surface area contributed by atoms with Crippen LogP contribution in [0, 0.1) is 0 Å². The van der Waals surface area contributed by atoms with Gasteiger partial charge < -0.3 is 15.7 Å². The average molecular weight is 262 g/mol. The molecule has 1 aromatic rings. The summed E-state index contributed by atoms with van der Waals surface area (Å²) in [4.78, 5) is 22.7. The van der Waals surface area contributed by atoms with Crippen LogP contribution in [-0.2, 0) is 0 Å². The molecule has 0 atom stereocenters. The van der Waals surface area contributed by atoms with E-state index in [1.807, 2.05) is 0 Å². The first kappa shape index (κ1) is 13.4. The van der Waals surface area contributed by atoms with E-state index in [1.165, 1.54) is 12.1 Å². The Morgan fingerprint density at radius 2 is 2.11 bits per heavy atom. The number of rotatable bonds is 4. The second kappa shape index (κ2) is 5.30. The van der Waals surface area contributed by atoms with Gasteiger partial charge >= 0.3 is 12.0 Å². The molecule has 19 heavy (non-hydrogen) atoms. The van der Waals surface area contributed by atoms with Crippen LogP contribution in [-0.4, -0.2) is 22.6 Å². The van der Waals surface area contributed by atoms with Gasteiger partial charge in [0.25, 0.3) is 0 Å². The molecule has 1 aromatic carbocycles. The highest BCUT2D eigenvalue weighted by molar-refractivity contribution is 5.93. The predicted molar refractivity (Wildman–Crippen MR) is 72.4 cm³/mol. The largest absolute Gasteiger partial charge is 0.478 e. The van der Waals surface area contributed by atoms with Crippen LogP contribution in [0.25, 0.3) is 0 Å². The molecule has 1 fully saturated rings. The fourth-order valence-corrected chi connectivity index (χ4v) is 2.30. The second-order valence-electron chi connectivity index (χ2n) is 4.95. The van der Waals surface area contributed by atoms with Gasteiger partial charge in [0.2, 0.25) is 0 Å². The van der Waals surface area contributed by atoms with Crippen molar-refractivity contribution in [3.8, 4) is 0 Å². The Morgan fingerprint density at radius 3 is 2.63 bits per heavy atom. The molecule has 0 heterocycles. The summed E-state index contributed by atoms with van der Waals surface area (Å²) in [6, 6.07) is 5.94. The van der Waals surface area contributed by atoms with Crippen LogP contribution in [0.2, 0.25) is 0 Å². The normalized spacial score (nSPS) is 16.3. The van der Waals surface area contributed by atoms with Crippen LogP contribution in [0.3, 0.4) is 0 Å². The summed E-state index contributed by atoms with van der Waals surface area (Å²) in [5.41, 5.74) is 0.573. The van der Waals surface area contributed by atoms with E-state index < -0.39 is 5.97 Å². The van der Waals surface area contributed by atoms with E-state index in [0.717, 1.165) is 25.7 Å². The minimum Gasteiger partial charge on any atom is -0.478 e. The minimum absolute atomic E-state index is 0.0749. The highest BCUT2D eigenvalue weighted by atomic mass is 16.4. The number of benzene rings is 1. The molecule has 0 radical (unpaired) electrons. The maximum atomic E-state index is 11.9. The van der Waals surface area contributed by atoms with Gasteiger partial charge in [0.1, 0.15) is 0 Å². The summed E-state index contributed by atoms with van der Waals surface area (Å²) >= 11 is 0. The van der Waals surface area contributed by atoms with E-state index in [2.05, 4.69) is 17.6 Å². The van der Waals surface area contributed by atoms with Crippen molar-refractivity contribution >= 4 is 17.7 Å². The van der Waals surface area contributed by atoms with Crippen LogP contribution in [0.5, 0.6) is 0 Å². The van der Waals surface area contributed by atoms with Crippen molar-refractivity contribution < 1.29 is 14.7 Å². The van der Waals surface area contributed by atoms with Crippen LogP contribution in [0.1, 0.15) is 43.0 Å². The first-order valence-electron chi connectivity index (χ1n) is 6.47. The Morgan fingerprint density at radius 1 is 1.37 bits per heavy atom. The number of carbonyl (C=O) groups excluding carboxylic acids is 1. The topological polar surface area (TPSA) is 78.4 Å². The van der Waals surface area contributed by atoms with Crippen LogP contribution >= 0.6 is 0 Å². The van der Waals surface area contributed by atoms with Crippen molar-refractivity contribution in [2.24, 2.45) is 0 Å². The smallest absolute Gasteiger partial charge is 0.335 e. The van der Waals surface area contributed by atoms with Crippen molar-refractivity contribution in [1.29, 1.82) is 0 Å². The number of nitrogens with one attached hydrogen (secondary N) is 2. The van der Waals surface area contributed by atoms with Crippen LogP contribution in [0.15, 0.2) is 24.3 Å². The Balaban J connectivity index is 1.99. The standard InChI is InChI=1S/C14H18N2O3/c1-2-14(7-4-8-14)16-13(19)15-11-6-3-5-10(9-11)12(17)18/h3,5-6,9H,2,4,7-8H2,1H3,(H,17,18)(H2,15,16,19). The number of amides is 2. The number of aromatic carboxylic acids is 1. The molecule has 5 nitrogen and oxygen atoms in total. The molecule has 2 rings (SSSR count). The minimum atomic E-state index is -1.01. The van der Waals surface area contributed by atoms with Gasteiger partial charge in [-0.05, 0) is 43.9 Å². The maximum absolute atomic E-state index is 11.9. The molecule has 0 saturated heterocycles. The molecule has 0 aromatic heterocycles. The third-order valence-electron chi connectivity index (χ3n) is 3.73. The molecule has 1 saturated carbocycles. The highest BCUT2D eigenvalue weighted by Crippen LogP contribution is 2.34. The Kier molecular flexibility index (Phi) is 3.74. The lowest BCUT2D eigenvalue weighted by Crippen LogP contribution is -2.54. The Labute approximate surface area is 112 Å². The Bertz CT molecular complexity index is 490.